The van der Waals surface area contributed by atoms with Crippen LogP contribution in [0.25, 0.3) is 21.8 Å². The van der Waals surface area contributed by atoms with E-state index in [1.54, 1.807) is 7.11 Å². The summed E-state index contributed by atoms with van der Waals surface area (Å²) in [6.07, 6.45) is 0. The normalized spacial score (nSPS) is 14.5. The molecule has 0 N–H and O–H groups in total. The molecule has 3 aromatic carbocycles. The fourth-order valence-electron chi connectivity index (χ4n) is 4.30. The number of para-hydroxylation sites is 4. The van der Waals surface area contributed by atoms with Crippen molar-refractivity contribution in [3.05, 3.63) is 72.8 Å². The van der Waals surface area contributed by atoms with Gasteiger partial charge in [0, 0.05) is 37.0 Å². The molecule has 29 heavy (non-hydrogen) atoms. The van der Waals surface area contributed by atoms with Gasteiger partial charge in [0.1, 0.15) is 5.75 Å². The highest BCUT2D eigenvalue weighted by molar-refractivity contribution is 6.13. The number of aromatic nitrogens is 1. The lowest BCUT2D eigenvalue weighted by Gasteiger charge is -2.36. The first-order chi connectivity index (χ1) is 14.3. The lowest BCUT2D eigenvalue weighted by Crippen LogP contribution is -2.50. The lowest BCUT2D eigenvalue weighted by atomic mass is 10.2. The molecule has 5 heteroatoms. The molecule has 1 amide bonds. The first kappa shape index (κ1) is 17.6. The summed E-state index contributed by atoms with van der Waals surface area (Å²) in [5, 5.41) is 2.23. The Hall–Kier alpha value is -3.47. The van der Waals surface area contributed by atoms with E-state index < -0.39 is 0 Å². The summed E-state index contributed by atoms with van der Waals surface area (Å²) in [5.74, 6) is 0.870. The monoisotopic (exact) mass is 385 g/mol. The zero-order chi connectivity index (χ0) is 19.8. The third-order valence-electron chi connectivity index (χ3n) is 5.75. The first-order valence-corrected chi connectivity index (χ1v) is 9.93. The molecule has 0 unspecified atom stereocenters. The number of amides is 1. The van der Waals surface area contributed by atoms with E-state index in [1.807, 2.05) is 64.1 Å². The fourth-order valence-corrected chi connectivity index (χ4v) is 4.30. The van der Waals surface area contributed by atoms with Crippen molar-refractivity contribution >= 4 is 33.5 Å². The van der Waals surface area contributed by atoms with Crippen molar-refractivity contribution in [3.63, 3.8) is 0 Å². The van der Waals surface area contributed by atoms with Crippen molar-refractivity contribution < 1.29 is 9.53 Å². The van der Waals surface area contributed by atoms with Crippen LogP contribution in [0.1, 0.15) is 0 Å². The largest absolute Gasteiger partial charge is 0.495 e. The number of carbonyl (C=O) groups is 1. The topological polar surface area (TPSA) is 37.7 Å². The van der Waals surface area contributed by atoms with Crippen LogP contribution >= 0.6 is 0 Å². The molecular formula is C24H23N3O2. The average molecular weight is 385 g/mol. The van der Waals surface area contributed by atoms with Crippen LogP contribution in [0, 0.1) is 0 Å². The van der Waals surface area contributed by atoms with E-state index in [0.717, 1.165) is 46.3 Å². The quantitative estimate of drug-likeness (QED) is 0.506. The molecular weight excluding hydrogens is 362 g/mol. The summed E-state index contributed by atoms with van der Waals surface area (Å²) in [6.45, 7) is 2.92. The van der Waals surface area contributed by atoms with Gasteiger partial charge in [-0.3, -0.25) is 4.57 Å². The van der Waals surface area contributed by atoms with Crippen molar-refractivity contribution in [2.24, 2.45) is 0 Å². The van der Waals surface area contributed by atoms with Gasteiger partial charge >= 0.3 is 6.03 Å². The zero-order valence-corrected chi connectivity index (χ0v) is 16.4. The van der Waals surface area contributed by atoms with E-state index in [9.17, 15) is 4.79 Å². The molecule has 1 fully saturated rings. The summed E-state index contributed by atoms with van der Waals surface area (Å²) in [7, 11) is 1.70. The molecule has 1 aliphatic heterocycles. The SMILES string of the molecule is COc1ccccc1N1CCN(C(=O)n2c3ccccc3c3ccccc32)CC1. The van der Waals surface area contributed by atoms with Crippen LogP contribution < -0.4 is 9.64 Å². The van der Waals surface area contributed by atoms with E-state index >= 15 is 0 Å². The maximum Gasteiger partial charge on any atom is 0.329 e. The number of carbonyl (C=O) groups excluding carboxylic acids is 1. The van der Waals surface area contributed by atoms with Gasteiger partial charge in [-0.25, -0.2) is 4.79 Å². The minimum absolute atomic E-state index is 0.0436. The van der Waals surface area contributed by atoms with Crippen molar-refractivity contribution in [3.8, 4) is 5.75 Å². The zero-order valence-electron chi connectivity index (χ0n) is 16.4. The number of ether oxygens (including phenoxy) is 1. The van der Waals surface area contributed by atoms with Gasteiger partial charge in [-0.2, -0.15) is 0 Å². The lowest BCUT2D eigenvalue weighted by molar-refractivity contribution is 0.198. The Labute approximate surface area is 169 Å². The predicted molar refractivity (Wildman–Crippen MR) is 117 cm³/mol. The number of hydrogen-bond acceptors (Lipinski definition) is 3. The first-order valence-electron chi connectivity index (χ1n) is 9.93. The maximum atomic E-state index is 13.5. The Morgan fingerprint density at radius 1 is 0.759 bits per heavy atom. The van der Waals surface area contributed by atoms with Gasteiger partial charge in [0.2, 0.25) is 0 Å². The number of hydrogen-bond donors (Lipinski definition) is 0. The van der Waals surface area contributed by atoms with Crippen molar-refractivity contribution in [1.82, 2.24) is 9.47 Å². The molecule has 1 aromatic heterocycles. The van der Waals surface area contributed by atoms with Crippen LogP contribution in [0.5, 0.6) is 5.75 Å². The summed E-state index contributed by atoms with van der Waals surface area (Å²) >= 11 is 0. The van der Waals surface area contributed by atoms with E-state index in [1.165, 1.54) is 0 Å². The van der Waals surface area contributed by atoms with Crippen molar-refractivity contribution in [2.75, 3.05) is 38.2 Å². The highest BCUT2D eigenvalue weighted by Gasteiger charge is 2.26. The molecule has 2 heterocycles. The summed E-state index contributed by atoms with van der Waals surface area (Å²) in [4.78, 5) is 17.7. The van der Waals surface area contributed by atoms with Crippen molar-refractivity contribution in [1.29, 1.82) is 0 Å². The molecule has 4 aromatic rings. The Kier molecular flexibility index (Phi) is 4.35. The number of piperazine rings is 1. The van der Waals surface area contributed by atoms with Gasteiger partial charge in [0.25, 0.3) is 0 Å². The fraction of sp³-hybridized carbons (Fsp3) is 0.208. The van der Waals surface area contributed by atoms with Crippen LogP contribution in [-0.2, 0) is 0 Å². The molecule has 0 radical (unpaired) electrons. The molecule has 0 aliphatic carbocycles. The minimum Gasteiger partial charge on any atom is -0.495 e. The number of fused-ring (bicyclic) bond motifs is 3. The smallest absolute Gasteiger partial charge is 0.329 e. The third-order valence-corrected chi connectivity index (χ3v) is 5.75. The van der Waals surface area contributed by atoms with Crippen LogP contribution in [0.2, 0.25) is 0 Å². The second-order valence-corrected chi connectivity index (χ2v) is 7.30. The molecule has 0 atom stereocenters. The van der Waals surface area contributed by atoms with E-state index in [4.69, 9.17) is 4.74 Å². The van der Waals surface area contributed by atoms with Gasteiger partial charge in [-0.15, -0.1) is 0 Å². The molecule has 5 nitrogen and oxygen atoms in total. The number of benzene rings is 3. The van der Waals surface area contributed by atoms with Crippen LogP contribution in [-0.4, -0.2) is 48.8 Å². The summed E-state index contributed by atoms with van der Waals surface area (Å²) in [6, 6.07) is 24.3. The summed E-state index contributed by atoms with van der Waals surface area (Å²) in [5.41, 5.74) is 3.01. The Balaban J connectivity index is 1.44. The van der Waals surface area contributed by atoms with Gasteiger partial charge in [0.15, 0.2) is 0 Å². The number of rotatable bonds is 2. The molecule has 1 saturated heterocycles. The Bertz CT molecular complexity index is 1140. The van der Waals surface area contributed by atoms with E-state index in [-0.39, 0.29) is 6.03 Å². The summed E-state index contributed by atoms with van der Waals surface area (Å²) < 4.78 is 7.37. The van der Waals surface area contributed by atoms with Gasteiger partial charge in [0.05, 0.1) is 23.8 Å². The molecule has 0 saturated carbocycles. The highest BCUT2D eigenvalue weighted by Crippen LogP contribution is 2.31. The highest BCUT2D eigenvalue weighted by atomic mass is 16.5. The average Bonchev–Trinajstić information content (AvgIpc) is 3.13. The van der Waals surface area contributed by atoms with Gasteiger partial charge < -0.3 is 14.5 Å². The number of nitrogens with zero attached hydrogens (tertiary/aromatic N) is 3. The van der Waals surface area contributed by atoms with Crippen LogP contribution in [0.3, 0.4) is 0 Å². The molecule has 0 bridgehead atoms. The third kappa shape index (κ3) is 2.90. The Morgan fingerprint density at radius 2 is 1.31 bits per heavy atom. The molecule has 1 aliphatic rings. The molecule has 0 spiro atoms. The standard InChI is InChI=1S/C24H23N3O2/c1-29-23-13-7-6-12-22(23)25-14-16-26(17-15-25)24(28)27-20-10-4-2-8-18(20)19-9-3-5-11-21(19)27/h2-13H,14-17H2,1H3. The van der Waals surface area contributed by atoms with Crippen molar-refractivity contribution in [2.45, 2.75) is 0 Å². The van der Waals surface area contributed by atoms with E-state index in [2.05, 4.69) is 23.1 Å². The van der Waals surface area contributed by atoms with Crippen LogP contribution in [0.15, 0.2) is 72.8 Å². The second kappa shape index (κ2) is 7.17. The predicted octanol–water partition coefficient (Wildman–Crippen LogP) is 4.59. The number of anilines is 1. The maximum absolute atomic E-state index is 13.5. The van der Waals surface area contributed by atoms with Gasteiger partial charge in [-0.05, 0) is 24.3 Å². The molecule has 146 valence electrons. The molecule has 5 rings (SSSR count). The van der Waals surface area contributed by atoms with E-state index in [0.29, 0.717) is 13.1 Å². The van der Waals surface area contributed by atoms with Gasteiger partial charge in [-0.1, -0.05) is 48.5 Å². The minimum atomic E-state index is 0.0436. The van der Waals surface area contributed by atoms with Crippen LogP contribution in [0.4, 0.5) is 10.5 Å². The Morgan fingerprint density at radius 3 is 1.93 bits per heavy atom. The number of methoxy groups -OCH3 is 1. The second-order valence-electron chi connectivity index (χ2n) is 7.30.